The van der Waals surface area contributed by atoms with Crippen LogP contribution in [0.2, 0.25) is 0 Å². The molecule has 0 bridgehead atoms. The molecule has 0 saturated carbocycles. The van der Waals surface area contributed by atoms with Crippen LogP contribution in [0.15, 0.2) is 51.7 Å². The predicted molar refractivity (Wildman–Crippen MR) is 97.2 cm³/mol. The fourth-order valence-electron chi connectivity index (χ4n) is 2.84. The van der Waals surface area contributed by atoms with E-state index in [9.17, 15) is 14.7 Å². The second-order valence-corrected chi connectivity index (χ2v) is 5.47. The number of ether oxygens (including phenoxy) is 2. The summed E-state index contributed by atoms with van der Waals surface area (Å²) in [5, 5.41) is 10.4. The number of benzene rings is 2. The van der Waals surface area contributed by atoms with Crippen LogP contribution >= 0.6 is 0 Å². The lowest BCUT2D eigenvalue weighted by Crippen LogP contribution is -2.09. The molecule has 6 heteroatoms. The zero-order chi connectivity index (χ0) is 18.7. The van der Waals surface area contributed by atoms with E-state index in [1.165, 1.54) is 0 Å². The molecule has 1 aromatic heterocycles. The van der Waals surface area contributed by atoms with Gasteiger partial charge in [0.15, 0.2) is 11.5 Å². The first kappa shape index (κ1) is 17.5. The molecule has 0 aliphatic carbocycles. The molecule has 0 aliphatic heterocycles. The van der Waals surface area contributed by atoms with Crippen LogP contribution in [0.5, 0.6) is 11.5 Å². The van der Waals surface area contributed by atoms with Gasteiger partial charge in [0.1, 0.15) is 0 Å². The van der Waals surface area contributed by atoms with Gasteiger partial charge in [-0.15, -0.1) is 0 Å². The molecule has 0 aliphatic rings. The van der Waals surface area contributed by atoms with Crippen molar-refractivity contribution in [1.29, 1.82) is 0 Å². The second kappa shape index (κ2) is 7.31. The maximum Gasteiger partial charge on any atom is 0.372 e. The highest BCUT2D eigenvalue weighted by Crippen LogP contribution is 2.37. The molecule has 0 fully saturated rings. The van der Waals surface area contributed by atoms with Crippen LogP contribution < -0.4 is 15.1 Å². The Morgan fingerprint density at radius 2 is 1.65 bits per heavy atom. The quantitative estimate of drug-likeness (QED) is 0.721. The van der Waals surface area contributed by atoms with Gasteiger partial charge in [-0.3, -0.25) is 0 Å². The highest BCUT2D eigenvalue weighted by molar-refractivity contribution is 6.05. The molecule has 1 N–H and O–H groups in total. The summed E-state index contributed by atoms with van der Waals surface area (Å²) in [5.41, 5.74) is 0.212. The van der Waals surface area contributed by atoms with E-state index in [1.54, 1.807) is 42.5 Å². The Hall–Kier alpha value is -3.28. The summed E-state index contributed by atoms with van der Waals surface area (Å²) in [5.74, 6) is -0.648. The van der Waals surface area contributed by atoms with Gasteiger partial charge in [0.05, 0.1) is 18.6 Å². The Morgan fingerprint density at radius 1 is 1.00 bits per heavy atom. The average molecular weight is 354 g/mol. The van der Waals surface area contributed by atoms with Crippen molar-refractivity contribution >= 4 is 16.7 Å². The van der Waals surface area contributed by atoms with E-state index in [0.29, 0.717) is 46.6 Å². The van der Waals surface area contributed by atoms with Gasteiger partial charge in [-0.05, 0) is 37.6 Å². The first-order valence-electron chi connectivity index (χ1n) is 8.26. The number of hydrogen-bond donors (Lipinski definition) is 1. The highest BCUT2D eigenvalue weighted by atomic mass is 16.5. The molecule has 0 amide bonds. The van der Waals surface area contributed by atoms with Crippen molar-refractivity contribution in [3.8, 4) is 22.6 Å². The van der Waals surface area contributed by atoms with Crippen molar-refractivity contribution in [3.05, 3.63) is 58.6 Å². The molecule has 3 aromatic rings. The third-order valence-electron chi connectivity index (χ3n) is 3.86. The smallest absolute Gasteiger partial charge is 0.372 e. The number of aromatic carboxylic acids is 1. The summed E-state index contributed by atoms with van der Waals surface area (Å²) in [4.78, 5) is 23.8. The molecule has 0 spiro atoms. The molecule has 0 unspecified atom stereocenters. The van der Waals surface area contributed by atoms with Crippen LogP contribution in [0.3, 0.4) is 0 Å². The van der Waals surface area contributed by atoms with E-state index in [0.717, 1.165) is 0 Å². The summed E-state index contributed by atoms with van der Waals surface area (Å²) >= 11 is 0. The van der Waals surface area contributed by atoms with Gasteiger partial charge in [0.25, 0.3) is 0 Å². The predicted octanol–water partition coefficient (Wildman–Crippen LogP) is 3.96. The molecular weight excluding hydrogens is 336 g/mol. The Kier molecular flexibility index (Phi) is 4.93. The van der Waals surface area contributed by atoms with Gasteiger partial charge in [-0.25, -0.2) is 9.59 Å². The summed E-state index contributed by atoms with van der Waals surface area (Å²) in [7, 11) is 0. The monoisotopic (exact) mass is 354 g/mol. The van der Waals surface area contributed by atoms with Crippen molar-refractivity contribution in [2.45, 2.75) is 13.8 Å². The molecular formula is C20H18O6. The fourth-order valence-corrected chi connectivity index (χ4v) is 2.84. The fraction of sp³-hybridized carbons (Fsp3) is 0.200. The van der Waals surface area contributed by atoms with Gasteiger partial charge >= 0.3 is 11.6 Å². The van der Waals surface area contributed by atoms with Crippen molar-refractivity contribution in [2.24, 2.45) is 0 Å². The lowest BCUT2D eigenvalue weighted by molar-refractivity contribution is 0.0659. The summed E-state index contributed by atoms with van der Waals surface area (Å²) < 4.78 is 16.3. The first-order valence-corrected chi connectivity index (χ1v) is 8.26. The number of carboxylic acids is 1. The van der Waals surface area contributed by atoms with Gasteiger partial charge in [-0.2, -0.15) is 0 Å². The molecule has 0 saturated heterocycles. The zero-order valence-corrected chi connectivity index (χ0v) is 14.4. The molecule has 6 nitrogen and oxygen atoms in total. The zero-order valence-electron chi connectivity index (χ0n) is 14.4. The van der Waals surface area contributed by atoms with Gasteiger partial charge < -0.3 is 19.0 Å². The molecule has 0 radical (unpaired) electrons. The van der Waals surface area contributed by atoms with E-state index >= 15 is 0 Å². The Morgan fingerprint density at radius 3 is 2.31 bits per heavy atom. The van der Waals surface area contributed by atoms with Crippen LogP contribution in [0.25, 0.3) is 21.9 Å². The number of rotatable bonds is 6. The maximum absolute atomic E-state index is 12.1. The van der Waals surface area contributed by atoms with Crippen molar-refractivity contribution < 1.29 is 23.8 Å². The Balaban J connectivity index is 2.32. The highest BCUT2D eigenvalue weighted by Gasteiger charge is 2.21. The molecule has 26 heavy (non-hydrogen) atoms. The van der Waals surface area contributed by atoms with Crippen LogP contribution in [-0.2, 0) is 0 Å². The normalized spacial score (nSPS) is 10.7. The van der Waals surface area contributed by atoms with Crippen LogP contribution in [-0.4, -0.2) is 24.3 Å². The number of carbonyl (C=O) groups is 1. The largest absolute Gasteiger partial charge is 0.490 e. The van der Waals surface area contributed by atoms with Crippen molar-refractivity contribution in [2.75, 3.05) is 13.2 Å². The van der Waals surface area contributed by atoms with E-state index in [4.69, 9.17) is 13.9 Å². The second-order valence-electron chi connectivity index (χ2n) is 5.47. The number of hydrogen-bond acceptors (Lipinski definition) is 5. The summed E-state index contributed by atoms with van der Waals surface area (Å²) in [6.07, 6.45) is 0. The standard InChI is InChI=1S/C20H18O6/c1-3-24-15-10-9-12(11-16(15)25-4-2)17-13-7-5-6-8-14(13)20(23)26-18(17)19(21)22/h5-11H,3-4H2,1-2H3,(H,21,22). The van der Waals surface area contributed by atoms with Crippen molar-refractivity contribution in [1.82, 2.24) is 0 Å². The molecule has 1 heterocycles. The van der Waals surface area contributed by atoms with E-state index in [1.807, 2.05) is 13.8 Å². The number of carboxylic acid groups (broad SMARTS) is 1. The average Bonchev–Trinajstić information content (AvgIpc) is 2.63. The topological polar surface area (TPSA) is 86.0 Å². The lowest BCUT2D eigenvalue weighted by Gasteiger charge is -2.14. The molecule has 3 rings (SSSR count). The first-order chi connectivity index (χ1) is 12.6. The minimum absolute atomic E-state index is 0.319. The Bertz CT molecular complexity index is 1020. The molecule has 2 aromatic carbocycles. The van der Waals surface area contributed by atoms with Gasteiger partial charge in [0.2, 0.25) is 5.76 Å². The van der Waals surface area contributed by atoms with E-state index < -0.39 is 17.4 Å². The van der Waals surface area contributed by atoms with Crippen LogP contribution in [0.4, 0.5) is 0 Å². The van der Waals surface area contributed by atoms with Crippen LogP contribution in [0.1, 0.15) is 24.4 Å². The minimum atomic E-state index is -1.31. The number of fused-ring (bicyclic) bond motifs is 1. The van der Waals surface area contributed by atoms with E-state index in [2.05, 4.69) is 0 Å². The van der Waals surface area contributed by atoms with Crippen molar-refractivity contribution in [3.63, 3.8) is 0 Å². The van der Waals surface area contributed by atoms with Gasteiger partial charge in [0, 0.05) is 10.9 Å². The summed E-state index contributed by atoms with van der Waals surface area (Å²) in [6, 6.07) is 11.9. The lowest BCUT2D eigenvalue weighted by atomic mass is 9.98. The third kappa shape index (κ3) is 3.13. The third-order valence-corrected chi connectivity index (χ3v) is 3.86. The maximum atomic E-state index is 12.1. The molecule has 134 valence electrons. The SMILES string of the molecule is CCOc1ccc(-c2c(C(=O)O)oc(=O)c3ccccc23)cc1OCC. The molecule has 0 atom stereocenters. The Labute approximate surface area is 149 Å². The van der Waals surface area contributed by atoms with Crippen LogP contribution in [0, 0.1) is 0 Å². The minimum Gasteiger partial charge on any atom is -0.490 e. The van der Waals surface area contributed by atoms with Gasteiger partial charge in [-0.1, -0.05) is 24.3 Å². The summed E-state index contributed by atoms with van der Waals surface area (Å²) in [6.45, 7) is 4.62. The van der Waals surface area contributed by atoms with E-state index in [-0.39, 0.29) is 0 Å².